The molecule has 4 N–H and O–H groups in total. The SMILES string of the molecule is N/C=C\C(C#Cc1ccsc1Cl)=C/N. The van der Waals surface area contributed by atoms with Crippen molar-refractivity contribution < 1.29 is 0 Å². The van der Waals surface area contributed by atoms with Gasteiger partial charge in [-0.1, -0.05) is 23.4 Å². The number of hydrogen-bond acceptors (Lipinski definition) is 3. The predicted molar refractivity (Wildman–Crippen MR) is 61.8 cm³/mol. The van der Waals surface area contributed by atoms with Crippen LogP contribution in [0.1, 0.15) is 5.56 Å². The summed E-state index contributed by atoms with van der Waals surface area (Å²) in [5.41, 5.74) is 12.0. The molecule has 0 aromatic carbocycles. The van der Waals surface area contributed by atoms with Crippen LogP contribution in [0.5, 0.6) is 0 Å². The Morgan fingerprint density at radius 2 is 2.29 bits per heavy atom. The Bertz CT molecular complexity index is 421. The number of nitrogens with two attached hydrogens (primary N) is 2. The summed E-state index contributed by atoms with van der Waals surface area (Å²) in [5.74, 6) is 5.76. The first kappa shape index (κ1) is 10.7. The van der Waals surface area contributed by atoms with Gasteiger partial charge in [0.25, 0.3) is 0 Å². The fourth-order valence-electron chi connectivity index (χ4n) is 0.764. The van der Waals surface area contributed by atoms with Crippen molar-refractivity contribution in [3.63, 3.8) is 0 Å². The zero-order chi connectivity index (χ0) is 10.4. The minimum absolute atomic E-state index is 0.662. The van der Waals surface area contributed by atoms with Crippen LogP contribution < -0.4 is 11.5 Å². The van der Waals surface area contributed by atoms with Crippen LogP contribution in [0.4, 0.5) is 0 Å². The highest BCUT2D eigenvalue weighted by Crippen LogP contribution is 2.21. The Hall–Kier alpha value is -1.37. The highest BCUT2D eigenvalue weighted by molar-refractivity contribution is 7.14. The highest BCUT2D eigenvalue weighted by Gasteiger charge is 1.95. The van der Waals surface area contributed by atoms with E-state index >= 15 is 0 Å². The molecule has 0 fully saturated rings. The molecule has 0 aliphatic heterocycles. The molecule has 72 valence electrons. The Morgan fingerprint density at radius 1 is 1.50 bits per heavy atom. The lowest BCUT2D eigenvalue weighted by Crippen LogP contribution is -1.85. The molecule has 0 spiro atoms. The van der Waals surface area contributed by atoms with E-state index in [2.05, 4.69) is 11.8 Å². The molecule has 1 aromatic heterocycles. The van der Waals surface area contributed by atoms with Crippen LogP contribution in [-0.2, 0) is 0 Å². The topological polar surface area (TPSA) is 52.0 Å². The van der Waals surface area contributed by atoms with Gasteiger partial charge in [0.1, 0.15) is 4.34 Å². The monoisotopic (exact) mass is 224 g/mol. The fraction of sp³-hybridized carbons (Fsp3) is 0. The summed E-state index contributed by atoms with van der Waals surface area (Å²) in [6, 6.07) is 1.86. The van der Waals surface area contributed by atoms with Gasteiger partial charge in [-0.05, 0) is 23.7 Å². The van der Waals surface area contributed by atoms with E-state index in [1.807, 2.05) is 11.4 Å². The van der Waals surface area contributed by atoms with E-state index < -0.39 is 0 Å². The van der Waals surface area contributed by atoms with Gasteiger partial charge in [0, 0.05) is 11.8 Å². The quantitative estimate of drug-likeness (QED) is 0.567. The second kappa shape index (κ2) is 5.38. The highest BCUT2D eigenvalue weighted by atomic mass is 35.5. The molecule has 0 radical (unpaired) electrons. The number of rotatable bonds is 1. The van der Waals surface area contributed by atoms with Gasteiger partial charge in [-0.25, -0.2) is 0 Å². The van der Waals surface area contributed by atoms with Crippen LogP contribution in [0, 0.1) is 11.8 Å². The molecule has 1 heterocycles. The van der Waals surface area contributed by atoms with Gasteiger partial charge in [0.15, 0.2) is 0 Å². The molecule has 1 aromatic rings. The molecule has 0 aliphatic carbocycles. The van der Waals surface area contributed by atoms with Gasteiger partial charge in [-0.15, -0.1) is 11.3 Å². The van der Waals surface area contributed by atoms with Crippen molar-refractivity contribution >= 4 is 22.9 Å². The summed E-state index contributed by atoms with van der Waals surface area (Å²) in [7, 11) is 0. The molecule has 2 nitrogen and oxygen atoms in total. The minimum atomic E-state index is 0.662. The number of hydrogen-bond donors (Lipinski definition) is 2. The molecular weight excluding hydrogens is 216 g/mol. The van der Waals surface area contributed by atoms with E-state index in [0.717, 1.165) is 5.56 Å². The van der Waals surface area contributed by atoms with Gasteiger partial charge >= 0.3 is 0 Å². The maximum Gasteiger partial charge on any atom is 0.109 e. The average molecular weight is 225 g/mol. The van der Waals surface area contributed by atoms with E-state index in [-0.39, 0.29) is 0 Å². The molecule has 0 saturated heterocycles. The average Bonchev–Trinajstić information content (AvgIpc) is 2.59. The lowest BCUT2D eigenvalue weighted by molar-refractivity contribution is 1.51. The first-order valence-corrected chi connectivity index (χ1v) is 5.09. The Morgan fingerprint density at radius 3 is 2.79 bits per heavy atom. The number of halogens is 1. The van der Waals surface area contributed by atoms with Crippen molar-refractivity contribution in [1.82, 2.24) is 0 Å². The van der Waals surface area contributed by atoms with Crippen LogP contribution in [0.3, 0.4) is 0 Å². The number of allylic oxidation sites excluding steroid dienone is 2. The smallest absolute Gasteiger partial charge is 0.109 e. The molecule has 0 amide bonds. The molecule has 0 atom stereocenters. The van der Waals surface area contributed by atoms with Crippen molar-refractivity contribution in [2.45, 2.75) is 0 Å². The third-order valence-electron chi connectivity index (χ3n) is 1.41. The van der Waals surface area contributed by atoms with E-state index in [1.54, 1.807) is 6.08 Å². The lowest BCUT2D eigenvalue weighted by atomic mass is 10.2. The van der Waals surface area contributed by atoms with E-state index in [1.165, 1.54) is 23.7 Å². The van der Waals surface area contributed by atoms with Crippen molar-refractivity contribution in [3.8, 4) is 11.8 Å². The Kier molecular flexibility index (Phi) is 4.11. The zero-order valence-electron chi connectivity index (χ0n) is 7.33. The van der Waals surface area contributed by atoms with Crippen LogP contribution in [0.15, 0.2) is 35.5 Å². The second-order valence-corrected chi connectivity index (χ2v) is 3.86. The summed E-state index contributed by atoms with van der Waals surface area (Å²) in [5, 5.41) is 1.89. The van der Waals surface area contributed by atoms with Gasteiger partial charge in [-0.3, -0.25) is 0 Å². The first-order chi connectivity index (χ1) is 6.77. The predicted octanol–water partition coefficient (Wildman–Crippen LogP) is 2.07. The standard InChI is InChI=1S/C10H9ClN2S/c11-10-9(4-6-14-10)2-1-8(7-13)3-5-12/h3-7H,12-13H2/b5-3-,8-7-. The molecule has 1 rings (SSSR count). The zero-order valence-corrected chi connectivity index (χ0v) is 8.90. The van der Waals surface area contributed by atoms with Gasteiger partial charge in [0.05, 0.1) is 5.56 Å². The molecule has 0 aliphatic rings. The lowest BCUT2D eigenvalue weighted by Gasteiger charge is -1.86. The van der Waals surface area contributed by atoms with Crippen LogP contribution in [0.2, 0.25) is 4.34 Å². The largest absolute Gasteiger partial charge is 0.405 e. The maximum atomic E-state index is 5.87. The third kappa shape index (κ3) is 2.84. The molecule has 14 heavy (non-hydrogen) atoms. The van der Waals surface area contributed by atoms with Crippen LogP contribution in [0.25, 0.3) is 0 Å². The van der Waals surface area contributed by atoms with E-state index in [4.69, 9.17) is 23.1 Å². The minimum Gasteiger partial charge on any atom is -0.405 e. The summed E-state index contributed by atoms with van der Waals surface area (Å²) < 4.78 is 0.686. The molecule has 0 unspecified atom stereocenters. The second-order valence-electron chi connectivity index (χ2n) is 2.34. The summed E-state index contributed by atoms with van der Waals surface area (Å²) in [6.07, 6.45) is 4.42. The van der Waals surface area contributed by atoms with Crippen molar-refractivity contribution in [2.24, 2.45) is 11.5 Å². The summed E-state index contributed by atoms with van der Waals surface area (Å²) >= 11 is 7.31. The number of thiophene rings is 1. The molecular formula is C10H9ClN2S. The third-order valence-corrected chi connectivity index (χ3v) is 2.58. The van der Waals surface area contributed by atoms with Crippen molar-refractivity contribution in [1.29, 1.82) is 0 Å². The normalized spacial score (nSPS) is 11.4. The molecule has 0 saturated carbocycles. The van der Waals surface area contributed by atoms with Crippen LogP contribution in [-0.4, -0.2) is 0 Å². The van der Waals surface area contributed by atoms with Crippen molar-refractivity contribution in [3.05, 3.63) is 45.4 Å². The summed E-state index contributed by atoms with van der Waals surface area (Å²) in [4.78, 5) is 0. The molecule has 4 heteroatoms. The first-order valence-electron chi connectivity index (χ1n) is 3.83. The van der Waals surface area contributed by atoms with Crippen molar-refractivity contribution in [2.75, 3.05) is 0 Å². The van der Waals surface area contributed by atoms with E-state index in [0.29, 0.717) is 9.91 Å². The van der Waals surface area contributed by atoms with E-state index in [9.17, 15) is 0 Å². The fourth-order valence-corrected chi connectivity index (χ4v) is 1.60. The van der Waals surface area contributed by atoms with Gasteiger partial charge in [-0.2, -0.15) is 0 Å². The van der Waals surface area contributed by atoms with Gasteiger partial charge in [0.2, 0.25) is 0 Å². The Labute approximate surface area is 91.9 Å². The van der Waals surface area contributed by atoms with Gasteiger partial charge < -0.3 is 11.5 Å². The molecule has 0 bridgehead atoms. The Balaban J connectivity index is 2.87. The van der Waals surface area contributed by atoms with Crippen LogP contribution >= 0.6 is 22.9 Å². The summed E-state index contributed by atoms with van der Waals surface area (Å²) in [6.45, 7) is 0. The maximum absolute atomic E-state index is 5.87.